The third-order valence-electron chi connectivity index (χ3n) is 2.77. The van der Waals surface area contributed by atoms with Gasteiger partial charge in [0.15, 0.2) is 0 Å². The van der Waals surface area contributed by atoms with E-state index < -0.39 is 23.4 Å². The topological polar surface area (TPSA) is 69.9 Å². The summed E-state index contributed by atoms with van der Waals surface area (Å²) in [5.74, 6) is 0. The Balaban J connectivity index is 2.88. The second-order valence-corrected chi connectivity index (χ2v) is 3.98. The van der Waals surface area contributed by atoms with Gasteiger partial charge in [-0.05, 0) is 20.8 Å². The molecule has 0 amide bonds. The van der Waals surface area contributed by atoms with Gasteiger partial charge in [-0.3, -0.25) is 0 Å². The molecule has 1 rings (SSSR count). The standard InChI is InChI=1S/C8H16O4/c1-7(2)8(3,11)6(10)5(9)4-12-7/h5-6,9-11H,4H2,1-3H3/t5-,6+,8-/m1/s1. The highest BCUT2D eigenvalue weighted by atomic mass is 16.5. The highest BCUT2D eigenvalue weighted by Gasteiger charge is 2.52. The fourth-order valence-electron chi connectivity index (χ4n) is 1.26. The fraction of sp³-hybridized carbons (Fsp3) is 1.00. The predicted octanol–water partition coefficient (Wildman–Crippen LogP) is -0.732. The van der Waals surface area contributed by atoms with E-state index in [1.165, 1.54) is 6.92 Å². The molecule has 0 aromatic heterocycles. The molecule has 3 atom stereocenters. The molecule has 3 N–H and O–H groups in total. The van der Waals surface area contributed by atoms with Crippen LogP contribution in [0, 0.1) is 0 Å². The lowest BCUT2D eigenvalue weighted by atomic mass is 9.78. The van der Waals surface area contributed by atoms with Gasteiger partial charge in [0.1, 0.15) is 17.8 Å². The molecule has 0 bridgehead atoms. The van der Waals surface area contributed by atoms with Gasteiger partial charge in [-0.25, -0.2) is 0 Å². The minimum absolute atomic E-state index is 0.0598. The van der Waals surface area contributed by atoms with Crippen molar-refractivity contribution >= 4 is 0 Å². The summed E-state index contributed by atoms with van der Waals surface area (Å²) in [4.78, 5) is 0. The lowest BCUT2D eigenvalue weighted by Crippen LogP contribution is -2.66. The van der Waals surface area contributed by atoms with Crippen molar-refractivity contribution < 1.29 is 20.1 Å². The second kappa shape index (κ2) is 2.67. The summed E-state index contributed by atoms with van der Waals surface area (Å²) in [6, 6.07) is 0. The van der Waals surface area contributed by atoms with Gasteiger partial charge in [-0.1, -0.05) is 0 Å². The van der Waals surface area contributed by atoms with Crippen molar-refractivity contribution in [2.75, 3.05) is 6.61 Å². The van der Waals surface area contributed by atoms with Crippen LogP contribution in [0.4, 0.5) is 0 Å². The van der Waals surface area contributed by atoms with Crippen LogP contribution < -0.4 is 0 Å². The monoisotopic (exact) mass is 176 g/mol. The van der Waals surface area contributed by atoms with Crippen molar-refractivity contribution in [3.63, 3.8) is 0 Å². The molecule has 1 aliphatic rings. The molecule has 1 fully saturated rings. The predicted molar refractivity (Wildman–Crippen MR) is 42.7 cm³/mol. The molecule has 0 aromatic rings. The van der Waals surface area contributed by atoms with Gasteiger partial charge in [-0.15, -0.1) is 0 Å². The van der Waals surface area contributed by atoms with Crippen LogP contribution in [0.25, 0.3) is 0 Å². The highest BCUT2D eigenvalue weighted by molar-refractivity contribution is 5.02. The summed E-state index contributed by atoms with van der Waals surface area (Å²) in [5, 5.41) is 28.5. The van der Waals surface area contributed by atoms with E-state index in [1.54, 1.807) is 13.8 Å². The number of hydrogen-bond donors (Lipinski definition) is 3. The van der Waals surface area contributed by atoms with Crippen LogP contribution in [-0.4, -0.2) is 45.3 Å². The highest BCUT2D eigenvalue weighted by Crippen LogP contribution is 2.34. The lowest BCUT2D eigenvalue weighted by Gasteiger charge is -2.48. The SMILES string of the molecule is CC1(C)OC[C@@H](O)[C@H](O)[C@@]1(C)O. The number of hydrogen-bond acceptors (Lipinski definition) is 4. The van der Waals surface area contributed by atoms with Gasteiger partial charge < -0.3 is 20.1 Å². The first kappa shape index (κ1) is 9.92. The van der Waals surface area contributed by atoms with Gasteiger partial charge in [-0.2, -0.15) is 0 Å². The second-order valence-electron chi connectivity index (χ2n) is 3.98. The number of rotatable bonds is 0. The normalized spacial score (nSPS) is 47.5. The maximum Gasteiger partial charge on any atom is 0.119 e. The minimum atomic E-state index is -1.41. The molecule has 1 heterocycles. The zero-order chi connectivity index (χ0) is 9.57. The van der Waals surface area contributed by atoms with Gasteiger partial charge in [0.2, 0.25) is 0 Å². The molecule has 0 radical (unpaired) electrons. The summed E-state index contributed by atoms with van der Waals surface area (Å²) in [5.41, 5.74) is -2.24. The Hall–Kier alpha value is -0.160. The molecule has 4 nitrogen and oxygen atoms in total. The van der Waals surface area contributed by atoms with Gasteiger partial charge in [0.05, 0.1) is 12.2 Å². The van der Waals surface area contributed by atoms with Gasteiger partial charge in [0, 0.05) is 0 Å². The molecule has 12 heavy (non-hydrogen) atoms. The quantitative estimate of drug-likeness (QED) is 0.455. The average Bonchev–Trinajstić information content (AvgIpc) is 1.96. The molecule has 0 aliphatic carbocycles. The van der Waals surface area contributed by atoms with Crippen molar-refractivity contribution in [1.29, 1.82) is 0 Å². The van der Waals surface area contributed by atoms with E-state index in [0.717, 1.165) is 0 Å². The van der Waals surface area contributed by atoms with Gasteiger partial charge in [0.25, 0.3) is 0 Å². The molecule has 0 spiro atoms. The Bertz CT molecular complexity index is 176. The van der Waals surface area contributed by atoms with Crippen molar-refractivity contribution in [3.8, 4) is 0 Å². The zero-order valence-electron chi connectivity index (χ0n) is 7.61. The van der Waals surface area contributed by atoms with E-state index in [-0.39, 0.29) is 6.61 Å². The molecule has 72 valence electrons. The third-order valence-corrected chi connectivity index (χ3v) is 2.77. The van der Waals surface area contributed by atoms with E-state index in [0.29, 0.717) is 0 Å². The Kier molecular flexibility index (Phi) is 2.21. The molecular formula is C8H16O4. The summed E-state index contributed by atoms with van der Waals surface area (Å²) < 4.78 is 5.20. The maximum atomic E-state index is 9.81. The van der Waals surface area contributed by atoms with Crippen molar-refractivity contribution in [2.45, 2.75) is 44.2 Å². The van der Waals surface area contributed by atoms with Crippen LogP contribution in [0.3, 0.4) is 0 Å². The Morgan fingerprint density at radius 3 is 2.17 bits per heavy atom. The zero-order valence-corrected chi connectivity index (χ0v) is 7.61. The third kappa shape index (κ3) is 1.25. The van der Waals surface area contributed by atoms with Gasteiger partial charge >= 0.3 is 0 Å². The van der Waals surface area contributed by atoms with E-state index in [9.17, 15) is 15.3 Å². The maximum absolute atomic E-state index is 9.81. The first-order valence-corrected chi connectivity index (χ1v) is 4.01. The van der Waals surface area contributed by atoms with E-state index >= 15 is 0 Å². The summed E-state index contributed by atoms with van der Waals surface area (Å²) >= 11 is 0. The summed E-state index contributed by atoms with van der Waals surface area (Å²) in [6.45, 7) is 4.88. The Morgan fingerprint density at radius 1 is 1.25 bits per heavy atom. The van der Waals surface area contributed by atoms with Crippen molar-refractivity contribution in [2.24, 2.45) is 0 Å². The number of aliphatic hydroxyl groups is 3. The van der Waals surface area contributed by atoms with Crippen LogP contribution in [0.5, 0.6) is 0 Å². The number of aliphatic hydroxyl groups excluding tert-OH is 2. The Labute approximate surface area is 71.8 Å². The summed E-state index contributed by atoms with van der Waals surface area (Å²) in [6.07, 6.45) is -2.16. The fourth-order valence-corrected chi connectivity index (χ4v) is 1.26. The smallest absolute Gasteiger partial charge is 0.119 e. The molecule has 4 heteroatoms. The van der Waals surface area contributed by atoms with E-state index in [4.69, 9.17) is 4.74 Å². The number of ether oxygens (including phenoxy) is 1. The molecule has 1 saturated heterocycles. The van der Waals surface area contributed by atoms with Crippen LogP contribution in [0.1, 0.15) is 20.8 Å². The van der Waals surface area contributed by atoms with Crippen LogP contribution in [-0.2, 0) is 4.74 Å². The van der Waals surface area contributed by atoms with E-state index in [2.05, 4.69) is 0 Å². The first-order chi connectivity index (χ1) is 5.29. The van der Waals surface area contributed by atoms with Crippen molar-refractivity contribution in [3.05, 3.63) is 0 Å². The first-order valence-electron chi connectivity index (χ1n) is 4.01. The van der Waals surface area contributed by atoms with Crippen LogP contribution >= 0.6 is 0 Å². The average molecular weight is 176 g/mol. The molecule has 0 aromatic carbocycles. The molecule has 0 unspecified atom stereocenters. The van der Waals surface area contributed by atoms with Crippen molar-refractivity contribution in [1.82, 2.24) is 0 Å². The molecular weight excluding hydrogens is 160 g/mol. The van der Waals surface area contributed by atoms with Crippen LogP contribution in [0.2, 0.25) is 0 Å². The minimum Gasteiger partial charge on any atom is -0.388 e. The van der Waals surface area contributed by atoms with E-state index in [1.807, 2.05) is 0 Å². The summed E-state index contributed by atoms with van der Waals surface area (Å²) in [7, 11) is 0. The largest absolute Gasteiger partial charge is 0.388 e. The van der Waals surface area contributed by atoms with Crippen LogP contribution in [0.15, 0.2) is 0 Å². The lowest BCUT2D eigenvalue weighted by molar-refractivity contribution is -0.270. The Morgan fingerprint density at radius 2 is 1.75 bits per heavy atom. The molecule has 0 saturated carbocycles. The molecule has 1 aliphatic heterocycles.